The van der Waals surface area contributed by atoms with E-state index in [-0.39, 0.29) is 6.10 Å². The van der Waals surface area contributed by atoms with E-state index < -0.39 is 0 Å². The monoisotopic (exact) mass is 234 g/mol. The normalized spacial score (nSPS) is 21.8. The zero-order valence-electron chi connectivity index (χ0n) is 11.0. The standard InChI is InChI=1S/C15H22O2/c1-10-6-11(2)14(12(3)7-10)8-15(16)13-4-5-17-9-13/h6-7,13,15-16H,4-5,8-9H2,1-3H3. The molecule has 2 atom stereocenters. The van der Waals surface area contributed by atoms with Crippen molar-refractivity contribution in [3.8, 4) is 0 Å². The Morgan fingerprint density at radius 2 is 1.94 bits per heavy atom. The van der Waals surface area contributed by atoms with Gasteiger partial charge < -0.3 is 9.84 Å². The van der Waals surface area contributed by atoms with Crippen molar-refractivity contribution in [3.63, 3.8) is 0 Å². The Labute approximate surface area is 104 Å². The molecule has 0 spiro atoms. The number of aliphatic hydroxyl groups excluding tert-OH is 1. The maximum Gasteiger partial charge on any atom is 0.0631 e. The second kappa shape index (κ2) is 5.19. The van der Waals surface area contributed by atoms with E-state index in [0.29, 0.717) is 12.5 Å². The van der Waals surface area contributed by atoms with Gasteiger partial charge in [0.1, 0.15) is 0 Å². The molecule has 0 amide bonds. The van der Waals surface area contributed by atoms with Crippen molar-refractivity contribution in [3.05, 3.63) is 34.4 Å². The van der Waals surface area contributed by atoms with Crippen LogP contribution in [0.1, 0.15) is 28.7 Å². The van der Waals surface area contributed by atoms with Crippen molar-refractivity contribution >= 4 is 0 Å². The number of rotatable bonds is 3. The number of ether oxygens (including phenoxy) is 1. The maximum absolute atomic E-state index is 10.2. The van der Waals surface area contributed by atoms with Gasteiger partial charge in [-0.2, -0.15) is 0 Å². The predicted molar refractivity (Wildman–Crippen MR) is 69.3 cm³/mol. The molecule has 17 heavy (non-hydrogen) atoms. The minimum Gasteiger partial charge on any atom is -0.392 e. The van der Waals surface area contributed by atoms with Crippen molar-refractivity contribution in [2.24, 2.45) is 5.92 Å². The van der Waals surface area contributed by atoms with Gasteiger partial charge in [-0.3, -0.25) is 0 Å². The average Bonchev–Trinajstić information content (AvgIpc) is 2.76. The Kier molecular flexibility index (Phi) is 3.85. The van der Waals surface area contributed by atoms with Crippen LogP contribution in [-0.2, 0) is 11.2 Å². The molecule has 1 aromatic carbocycles. The summed E-state index contributed by atoms with van der Waals surface area (Å²) in [6.07, 6.45) is 1.48. The van der Waals surface area contributed by atoms with Gasteiger partial charge in [0, 0.05) is 12.5 Å². The van der Waals surface area contributed by atoms with Crippen LogP contribution in [0.3, 0.4) is 0 Å². The summed E-state index contributed by atoms with van der Waals surface area (Å²) in [6, 6.07) is 4.39. The summed E-state index contributed by atoms with van der Waals surface area (Å²) in [4.78, 5) is 0. The summed E-state index contributed by atoms with van der Waals surface area (Å²) in [6.45, 7) is 7.89. The van der Waals surface area contributed by atoms with Gasteiger partial charge in [0.05, 0.1) is 12.7 Å². The van der Waals surface area contributed by atoms with Gasteiger partial charge >= 0.3 is 0 Å². The molecule has 1 aromatic rings. The Bertz CT molecular complexity index is 369. The molecule has 2 heteroatoms. The second-order valence-corrected chi connectivity index (χ2v) is 5.27. The van der Waals surface area contributed by atoms with Gasteiger partial charge in [0.25, 0.3) is 0 Å². The molecule has 1 heterocycles. The van der Waals surface area contributed by atoms with E-state index in [2.05, 4.69) is 32.9 Å². The fourth-order valence-corrected chi connectivity index (χ4v) is 2.76. The van der Waals surface area contributed by atoms with Crippen LogP contribution in [-0.4, -0.2) is 24.4 Å². The molecular formula is C15H22O2. The van der Waals surface area contributed by atoms with Crippen LogP contribution >= 0.6 is 0 Å². The first-order valence-electron chi connectivity index (χ1n) is 6.40. The van der Waals surface area contributed by atoms with E-state index in [1.807, 2.05) is 0 Å². The highest BCUT2D eigenvalue weighted by Crippen LogP contribution is 2.23. The third kappa shape index (κ3) is 2.88. The second-order valence-electron chi connectivity index (χ2n) is 5.27. The number of aryl methyl sites for hydroxylation is 3. The zero-order valence-corrected chi connectivity index (χ0v) is 11.0. The molecule has 0 saturated carbocycles. The fraction of sp³-hybridized carbons (Fsp3) is 0.600. The third-order valence-corrected chi connectivity index (χ3v) is 3.76. The van der Waals surface area contributed by atoms with Crippen LogP contribution in [0.4, 0.5) is 0 Å². The van der Waals surface area contributed by atoms with E-state index in [1.54, 1.807) is 0 Å². The summed E-state index contributed by atoms with van der Waals surface area (Å²) >= 11 is 0. The van der Waals surface area contributed by atoms with Crippen LogP contribution in [0.15, 0.2) is 12.1 Å². The van der Waals surface area contributed by atoms with Gasteiger partial charge in [0.15, 0.2) is 0 Å². The first kappa shape index (κ1) is 12.6. The molecule has 2 nitrogen and oxygen atoms in total. The van der Waals surface area contributed by atoms with E-state index in [1.165, 1.54) is 22.3 Å². The molecule has 0 bridgehead atoms. The summed E-state index contributed by atoms with van der Waals surface area (Å²) in [7, 11) is 0. The summed E-state index contributed by atoms with van der Waals surface area (Å²) in [5, 5.41) is 10.2. The molecule has 1 N–H and O–H groups in total. The highest BCUT2D eigenvalue weighted by Gasteiger charge is 2.24. The van der Waals surface area contributed by atoms with E-state index in [0.717, 1.165) is 19.4 Å². The lowest BCUT2D eigenvalue weighted by Crippen LogP contribution is -2.23. The molecule has 1 aliphatic rings. The summed E-state index contributed by atoms with van der Waals surface area (Å²) in [5.74, 6) is 0.315. The van der Waals surface area contributed by atoms with E-state index in [9.17, 15) is 5.11 Å². The Balaban J connectivity index is 2.12. The van der Waals surface area contributed by atoms with Gasteiger partial charge in [-0.1, -0.05) is 17.7 Å². The van der Waals surface area contributed by atoms with Crippen LogP contribution in [0, 0.1) is 26.7 Å². The van der Waals surface area contributed by atoms with Crippen LogP contribution in [0.2, 0.25) is 0 Å². The molecular weight excluding hydrogens is 212 g/mol. The van der Waals surface area contributed by atoms with Crippen molar-refractivity contribution in [1.29, 1.82) is 0 Å². The highest BCUT2D eigenvalue weighted by molar-refractivity contribution is 5.37. The number of hydrogen-bond acceptors (Lipinski definition) is 2. The minimum absolute atomic E-state index is 0.266. The molecule has 1 aliphatic heterocycles. The van der Waals surface area contributed by atoms with Gasteiger partial charge in [-0.25, -0.2) is 0 Å². The molecule has 1 saturated heterocycles. The third-order valence-electron chi connectivity index (χ3n) is 3.76. The van der Waals surface area contributed by atoms with E-state index >= 15 is 0 Å². The van der Waals surface area contributed by atoms with Crippen LogP contribution in [0.5, 0.6) is 0 Å². The Hall–Kier alpha value is -0.860. The van der Waals surface area contributed by atoms with Gasteiger partial charge in [-0.05, 0) is 50.3 Å². The van der Waals surface area contributed by atoms with Gasteiger partial charge in [-0.15, -0.1) is 0 Å². The molecule has 0 aliphatic carbocycles. The highest BCUT2D eigenvalue weighted by atomic mass is 16.5. The van der Waals surface area contributed by atoms with Crippen LogP contribution in [0.25, 0.3) is 0 Å². The zero-order chi connectivity index (χ0) is 12.4. The minimum atomic E-state index is -0.266. The first-order chi connectivity index (χ1) is 8.08. The molecule has 94 valence electrons. The lowest BCUT2D eigenvalue weighted by molar-refractivity contribution is 0.0916. The van der Waals surface area contributed by atoms with Crippen molar-refractivity contribution in [1.82, 2.24) is 0 Å². The topological polar surface area (TPSA) is 29.5 Å². The molecule has 0 aromatic heterocycles. The first-order valence-corrected chi connectivity index (χ1v) is 6.40. The average molecular weight is 234 g/mol. The smallest absolute Gasteiger partial charge is 0.0631 e. The van der Waals surface area contributed by atoms with Crippen LogP contribution < -0.4 is 0 Å². The molecule has 2 rings (SSSR count). The van der Waals surface area contributed by atoms with Gasteiger partial charge in [0.2, 0.25) is 0 Å². The Morgan fingerprint density at radius 1 is 1.29 bits per heavy atom. The lowest BCUT2D eigenvalue weighted by atomic mass is 9.90. The van der Waals surface area contributed by atoms with Crippen molar-refractivity contribution < 1.29 is 9.84 Å². The van der Waals surface area contributed by atoms with E-state index in [4.69, 9.17) is 4.74 Å². The summed E-state index contributed by atoms with van der Waals surface area (Å²) < 4.78 is 5.34. The quantitative estimate of drug-likeness (QED) is 0.871. The molecule has 0 radical (unpaired) electrons. The number of benzene rings is 1. The molecule has 2 unspecified atom stereocenters. The lowest BCUT2D eigenvalue weighted by Gasteiger charge is -2.19. The maximum atomic E-state index is 10.2. The Morgan fingerprint density at radius 3 is 2.47 bits per heavy atom. The fourth-order valence-electron chi connectivity index (χ4n) is 2.76. The number of aliphatic hydroxyl groups is 1. The molecule has 1 fully saturated rings. The number of hydrogen-bond donors (Lipinski definition) is 1. The van der Waals surface area contributed by atoms with Crippen molar-refractivity contribution in [2.75, 3.05) is 13.2 Å². The van der Waals surface area contributed by atoms with Crippen molar-refractivity contribution in [2.45, 2.75) is 39.7 Å². The predicted octanol–water partition coefficient (Wildman–Crippen LogP) is 2.55. The SMILES string of the molecule is Cc1cc(C)c(CC(O)C2CCOC2)c(C)c1. The largest absolute Gasteiger partial charge is 0.392 e. The summed E-state index contributed by atoms with van der Waals surface area (Å²) in [5.41, 5.74) is 5.18.